The van der Waals surface area contributed by atoms with Crippen LogP contribution in [0.5, 0.6) is 0 Å². The first-order chi connectivity index (χ1) is 34.1. The van der Waals surface area contributed by atoms with E-state index < -0.39 is 0 Å². The summed E-state index contributed by atoms with van der Waals surface area (Å²) in [6, 6.07) is 82.8. The number of allylic oxidation sites excluding steroid dienone is 3. The first-order valence-corrected chi connectivity index (χ1v) is 23.9. The summed E-state index contributed by atoms with van der Waals surface area (Å²) in [7, 11) is 0. The van der Waals surface area contributed by atoms with E-state index in [1.54, 1.807) is 0 Å². The van der Waals surface area contributed by atoms with Gasteiger partial charge in [-0.2, -0.15) is 0 Å². The van der Waals surface area contributed by atoms with E-state index in [-0.39, 0.29) is 17.3 Å². The van der Waals surface area contributed by atoms with E-state index in [1.165, 1.54) is 50.1 Å². The van der Waals surface area contributed by atoms with E-state index in [2.05, 4.69) is 200 Å². The smallest absolute Gasteiger partial charge is 0.164 e. The second-order valence-corrected chi connectivity index (χ2v) is 18.3. The van der Waals surface area contributed by atoms with Crippen molar-refractivity contribution in [1.82, 2.24) is 15.0 Å². The number of hydrogen-bond donors (Lipinski definition) is 0. The molecule has 0 fully saturated rings. The third kappa shape index (κ3) is 6.63. The van der Waals surface area contributed by atoms with Crippen LogP contribution >= 0.6 is 0 Å². The lowest BCUT2D eigenvalue weighted by atomic mass is 9.65. The Balaban J connectivity index is 0.971. The van der Waals surface area contributed by atoms with Gasteiger partial charge in [-0.1, -0.05) is 218 Å². The lowest BCUT2D eigenvalue weighted by Crippen LogP contribution is -2.34. The summed E-state index contributed by atoms with van der Waals surface area (Å²) in [6.07, 6.45) is 7.46. The first-order valence-electron chi connectivity index (χ1n) is 23.9. The van der Waals surface area contributed by atoms with Crippen LogP contribution in [0, 0.1) is 12.8 Å². The fraction of sp³-hybridized carbons (Fsp3) is 0.0615. The average molecular weight is 883 g/mol. The van der Waals surface area contributed by atoms with E-state index in [1.807, 2.05) is 60.7 Å². The fourth-order valence-corrected chi connectivity index (χ4v) is 11.6. The molecule has 326 valence electrons. The Morgan fingerprint density at radius 3 is 1.54 bits per heavy atom. The fourth-order valence-electron chi connectivity index (χ4n) is 11.6. The van der Waals surface area contributed by atoms with Gasteiger partial charge in [-0.15, -0.1) is 0 Å². The maximum atomic E-state index is 5.08. The zero-order chi connectivity index (χ0) is 45.9. The number of anilines is 2. The summed E-state index contributed by atoms with van der Waals surface area (Å²) in [5, 5.41) is 0. The molecule has 1 spiro atoms. The van der Waals surface area contributed by atoms with Gasteiger partial charge in [0.15, 0.2) is 17.5 Å². The molecule has 3 aliphatic carbocycles. The van der Waals surface area contributed by atoms with Gasteiger partial charge >= 0.3 is 0 Å². The number of fused-ring (bicyclic) bond motifs is 10. The topological polar surface area (TPSA) is 41.9 Å². The van der Waals surface area contributed by atoms with Crippen LogP contribution in [0.25, 0.3) is 67.5 Å². The van der Waals surface area contributed by atoms with Crippen LogP contribution < -0.4 is 4.90 Å². The molecule has 4 heteroatoms. The molecule has 4 nitrogen and oxygen atoms in total. The van der Waals surface area contributed by atoms with Gasteiger partial charge in [0, 0.05) is 45.6 Å². The summed E-state index contributed by atoms with van der Waals surface area (Å²) in [5.74, 6) is 2.25. The Bertz CT molecular complexity index is 3550. The van der Waals surface area contributed by atoms with Gasteiger partial charge in [-0.25, -0.2) is 15.0 Å². The van der Waals surface area contributed by atoms with Crippen LogP contribution in [0.2, 0.25) is 0 Å². The minimum absolute atomic E-state index is 0.126. The predicted molar refractivity (Wildman–Crippen MR) is 282 cm³/mol. The minimum Gasteiger partial charge on any atom is -0.311 e. The highest BCUT2D eigenvalue weighted by atomic mass is 15.2. The molecule has 0 saturated carbocycles. The van der Waals surface area contributed by atoms with Gasteiger partial charge in [0.25, 0.3) is 0 Å². The quantitative estimate of drug-likeness (QED) is 0.152. The van der Waals surface area contributed by atoms with Crippen molar-refractivity contribution in [2.75, 3.05) is 4.90 Å². The molecule has 3 aliphatic rings. The molecule has 2 atom stereocenters. The molecule has 0 N–H and O–H groups in total. The molecule has 0 saturated heterocycles. The second kappa shape index (κ2) is 16.6. The molecule has 1 aromatic heterocycles. The van der Waals surface area contributed by atoms with Crippen LogP contribution in [-0.2, 0) is 5.41 Å². The molecular formula is C65H46N4. The molecule has 0 amide bonds. The number of hydrogen-bond acceptors (Lipinski definition) is 4. The SMILES string of the molecule is Cc1c(-c2ccccc2)cccc1N(C1=CC2C(C=C1)c1ccccc1C21c2ccccc2-c2ccccc21)c1cccc(-c2cccc(-c3nc(-c4ccccc4)nc(-c4ccccc4)n3)c2)c1. The summed E-state index contributed by atoms with van der Waals surface area (Å²) in [6.45, 7) is 2.27. The zero-order valence-electron chi connectivity index (χ0n) is 38.1. The molecular weight excluding hydrogens is 837 g/mol. The maximum absolute atomic E-state index is 5.08. The zero-order valence-corrected chi connectivity index (χ0v) is 38.1. The Morgan fingerprint density at radius 2 is 0.884 bits per heavy atom. The lowest BCUT2D eigenvalue weighted by molar-refractivity contribution is 0.462. The monoisotopic (exact) mass is 882 g/mol. The highest BCUT2D eigenvalue weighted by Crippen LogP contribution is 2.65. The summed E-state index contributed by atoms with van der Waals surface area (Å²) >= 11 is 0. The average Bonchev–Trinajstić information content (AvgIpc) is 3.89. The van der Waals surface area contributed by atoms with Crippen molar-refractivity contribution in [1.29, 1.82) is 0 Å². The van der Waals surface area contributed by atoms with Crippen molar-refractivity contribution in [3.05, 3.63) is 282 Å². The summed E-state index contributed by atoms with van der Waals surface area (Å²) in [4.78, 5) is 17.6. The first kappa shape index (κ1) is 40.5. The third-order valence-electron chi connectivity index (χ3n) is 14.6. The molecule has 10 aromatic rings. The van der Waals surface area contributed by atoms with Crippen molar-refractivity contribution in [3.8, 4) is 67.5 Å². The predicted octanol–water partition coefficient (Wildman–Crippen LogP) is 15.8. The van der Waals surface area contributed by atoms with Crippen molar-refractivity contribution >= 4 is 11.4 Å². The number of rotatable bonds is 8. The molecule has 1 heterocycles. The molecule has 13 rings (SSSR count). The highest BCUT2D eigenvalue weighted by molar-refractivity contribution is 5.87. The van der Waals surface area contributed by atoms with E-state index >= 15 is 0 Å². The molecule has 0 aliphatic heterocycles. The highest BCUT2D eigenvalue weighted by Gasteiger charge is 2.57. The van der Waals surface area contributed by atoms with Crippen LogP contribution in [0.1, 0.15) is 33.7 Å². The maximum Gasteiger partial charge on any atom is 0.164 e. The van der Waals surface area contributed by atoms with Gasteiger partial charge in [-0.05, 0) is 98.5 Å². The molecule has 0 radical (unpaired) electrons. The Labute approximate surface area is 403 Å². The summed E-state index contributed by atoms with van der Waals surface area (Å²) in [5.41, 5.74) is 19.9. The van der Waals surface area contributed by atoms with E-state index in [4.69, 9.17) is 15.0 Å². The van der Waals surface area contributed by atoms with Crippen LogP contribution in [0.3, 0.4) is 0 Å². The lowest BCUT2D eigenvalue weighted by Gasteiger charge is -2.38. The van der Waals surface area contributed by atoms with Gasteiger partial charge in [0.2, 0.25) is 0 Å². The number of benzene rings is 9. The van der Waals surface area contributed by atoms with Crippen molar-refractivity contribution in [3.63, 3.8) is 0 Å². The van der Waals surface area contributed by atoms with E-state index in [0.29, 0.717) is 17.5 Å². The van der Waals surface area contributed by atoms with Crippen LogP contribution in [-0.4, -0.2) is 15.0 Å². The number of nitrogens with zero attached hydrogens (tertiary/aromatic N) is 4. The van der Waals surface area contributed by atoms with Crippen LogP contribution in [0.4, 0.5) is 11.4 Å². The van der Waals surface area contributed by atoms with Gasteiger partial charge in [0.1, 0.15) is 0 Å². The molecule has 2 unspecified atom stereocenters. The molecule has 0 bridgehead atoms. The van der Waals surface area contributed by atoms with Gasteiger partial charge in [-0.3, -0.25) is 0 Å². The van der Waals surface area contributed by atoms with Gasteiger partial charge in [0.05, 0.1) is 5.41 Å². The molecule has 69 heavy (non-hydrogen) atoms. The number of aromatic nitrogens is 3. The normalized spacial score (nSPS) is 15.8. The van der Waals surface area contributed by atoms with Crippen molar-refractivity contribution in [2.45, 2.75) is 18.3 Å². The van der Waals surface area contributed by atoms with Crippen molar-refractivity contribution in [2.24, 2.45) is 5.92 Å². The molecule has 9 aromatic carbocycles. The second-order valence-electron chi connectivity index (χ2n) is 18.3. The van der Waals surface area contributed by atoms with Crippen LogP contribution in [0.15, 0.2) is 254 Å². The van der Waals surface area contributed by atoms with E-state index in [9.17, 15) is 0 Å². The third-order valence-corrected chi connectivity index (χ3v) is 14.6. The minimum atomic E-state index is -0.352. The largest absolute Gasteiger partial charge is 0.311 e. The van der Waals surface area contributed by atoms with Crippen molar-refractivity contribution < 1.29 is 0 Å². The van der Waals surface area contributed by atoms with Gasteiger partial charge < -0.3 is 4.90 Å². The Morgan fingerprint density at radius 1 is 0.406 bits per heavy atom. The summed E-state index contributed by atoms with van der Waals surface area (Å²) < 4.78 is 0. The van der Waals surface area contributed by atoms with E-state index in [0.717, 1.165) is 44.9 Å². The Kier molecular flexibility index (Phi) is 9.72. The Hall–Kier alpha value is -8.73. The standard InChI is InChI=1S/C65H46N4/c1-43-52(44-20-5-2-6-21-44)33-19-37-61(43)69(51-38-39-56-55-32-13-16-36-59(55)65(60(56)42-51)57-34-14-11-30-53(57)54-31-12-15-35-58(54)65)50-29-18-27-48(41-50)47-26-17-28-49(40-47)64-67-62(45-22-7-3-8-23-45)66-63(68-64)46-24-9-4-10-25-46/h2-42,56,60H,1H3.